The fourth-order valence-corrected chi connectivity index (χ4v) is 16.0. The molecule has 10 aromatic rings. The Bertz CT molecular complexity index is 4220. The Morgan fingerprint density at radius 3 is 1.19 bits per heavy atom. The van der Waals surface area contributed by atoms with Gasteiger partial charge in [0.15, 0.2) is 17.3 Å². The summed E-state index contributed by atoms with van der Waals surface area (Å²) in [6.07, 6.45) is 6.99. The molecular formula is C75H60O10S. The maximum atomic E-state index is 13.5. The molecule has 0 aromatic heterocycles. The minimum Gasteiger partial charge on any atom is -0.497 e. The van der Waals surface area contributed by atoms with Gasteiger partial charge >= 0.3 is 5.97 Å². The third-order valence-electron chi connectivity index (χ3n) is 18.3. The van der Waals surface area contributed by atoms with Crippen LogP contribution in [-0.2, 0) is 26.1 Å². The molecule has 86 heavy (non-hydrogen) atoms. The van der Waals surface area contributed by atoms with Crippen LogP contribution >= 0.6 is 0 Å². The van der Waals surface area contributed by atoms with E-state index in [9.17, 15) is 18.0 Å². The van der Waals surface area contributed by atoms with Crippen LogP contribution in [0.25, 0.3) is 11.1 Å². The standard InChI is InChI=1S/C75H60O10S/c1-49(76)52-11-23-59(24-12-52)81-61-35-39-66(40-36-61)86(78,79)67-41-37-62(38-42-67)82-60-25-13-53(14-26-60)72(77)83-63-29-15-54(16-30-63)73-44-50-43-51(45-73)47-74(46-50,48-73)55-17-31-64(32-18-55)84-85-65-33-21-57(22-34-65)75(56-19-27-58(80-2)28-20-56)70-9-5-3-7-68(70)69-8-4-6-10-71(69)75/h3-42,50-51H,43-48H2,1-2H3. The third kappa shape index (κ3) is 9.85. The highest BCUT2D eigenvalue weighted by atomic mass is 32.2. The maximum absolute atomic E-state index is 13.5. The molecule has 5 aliphatic rings. The Labute approximate surface area is 500 Å². The molecule has 5 aliphatic carbocycles. The van der Waals surface area contributed by atoms with Crippen molar-refractivity contribution in [2.75, 3.05) is 7.11 Å². The predicted molar refractivity (Wildman–Crippen MR) is 329 cm³/mol. The number of rotatable bonds is 17. The molecule has 0 saturated heterocycles. The first-order chi connectivity index (χ1) is 41.9. The van der Waals surface area contributed by atoms with Crippen molar-refractivity contribution in [3.8, 4) is 57.1 Å². The number of benzene rings is 10. The van der Waals surface area contributed by atoms with Crippen molar-refractivity contribution in [1.82, 2.24) is 0 Å². The molecule has 2 atom stereocenters. The number of methoxy groups -OCH3 is 1. The van der Waals surface area contributed by atoms with Gasteiger partial charge in [-0.1, -0.05) is 97.1 Å². The summed E-state index contributed by atoms with van der Waals surface area (Å²) in [5.74, 6) is 5.16. The summed E-state index contributed by atoms with van der Waals surface area (Å²) < 4.78 is 50.3. The number of sulfone groups is 1. The molecule has 4 bridgehead atoms. The first kappa shape index (κ1) is 54.2. The van der Waals surface area contributed by atoms with Crippen LogP contribution in [0.15, 0.2) is 252 Å². The number of fused-ring (bicyclic) bond motifs is 3. The maximum Gasteiger partial charge on any atom is 0.343 e. The van der Waals surface area contributed by atoms with Crippen molar-refractivity contribution < 1.29 is 46.7 Å². The Morgan fingerprint density at radius 2 is 0.767 bits per heavy atom. The number of carbonyl (C=O) groups is 2. The van der Waals surface area contributed by atoms with Crippen molar-refractivity contribution in [3.05, 3.63) is 287 Å². The van der Waals surface area contributed by atoms with Crippen molar-refractivity contribution in [1.29, 1.82) is 0 Å². The van der Waals surface area contributed by atoms with E-state index in [1.807, 2.05) is 48.5 Å². The van der Waals surface area contributed by atoms with E-state index in [-0.39, 0.29) is 26.4 Å². The van der Waals surface area contributed by atoms with Gasteiger partial charge in [-0.25, -0.2) is 13.2 Å². The lowest BCUT2D eigenvalue weighted by atomic mass is 9.42. The fourth-order valence-electron chi connectivity index (χ4n) is 14.8. The summed E-state index contributed by atoms with van der Waals surface area (Å²) in [4.78, 5) is 37.3. The Kier molecular flexibility index (Phi) is 13.7. The van der Waals surface area contributed by atoms with Gasteiger partial charge in [0.05, 0.1) is 27.9 Å². The van der Waals surface area contributed by atoms with E-state index in [4.69, 9.17) is 28.7 Å². The van der Waals surface area contributed by atoms with Crippen LogP contribution in [-0.4, -0.2) is 27.3 Å². The topological polar surface area (TPSA) is 124 Å². The minimum atomic E-state index is -3.84. The second-order valence-electron chi connectivity index (χ2n) is 23.5. The van der Waals surface area contributed by atoms with Crippen molar-refractivity contribution in [2.45, 2.75) is 71.5 Å². The summed E-state index contributed by atoms with van der Waals surface area (Å²) in [6.45, 7) is 1.50. The lowest BCUT2D eigenvalue weighted by Gasteiger charge is -2.62. The predicted octanol–water partition coefficient (Wildman–Crippen LogP) is 17.1. The molecule has 0 N–H and O–H groups in total. The first-order valence-electron chi connectivity index (χ1n) is 29.1. The van der Waals surface area contributed by atoms with E-state index in [2.05, 4.69) is 97.1 Å². The van der Waals surface area contributed by atoms with Gasteiger partial charge in [-0.2, -0.15) is 0 Å². The smallest absolute Gasteiger partial charge is 0.343 e. The van der Waals surface area contributed by atoms with Gasteiger partial charge in [0.2, 0.25) is 9.84 Å². The highest BCUT2D eigenvalue weighted by molar-refractivity contribution is 7.91. The highest BCUT2D eigenvalue weighted by Crippen LogP contribution is 2.66. The Morgan fingerprint density at radius 1 is 0.407 bits per heavy atom. The number of carbonyl (C=O) groups excluding carboxylic acids is 2. The van der Waals surface area contributed by atoms with Gasteiger partial charge in [-0.3, -0.25) is 14.6 Å². The summed E-state index contributed by atoms with van der Waals surface area (Å²) in [6, 6.07) is 76.5. The van der Waals surface area contributed by atoms with E-state index >= 15 is 0 Å². The molecule has 0 amide bonds. The molecule has 10 nitrogen and oxygen atoms in total. The van der Waals surface area contributed by atoms with Gasteiger partial charge in [0, 0.05) is 5.56 Å². The summed E-state index contributed by atoms with van der Waals surface area (Å²) in [5.41, 5.74) is 10.3. The second-order valence-corrected chi connectivity index (χ2v) is 25.4. The summed E-state index contributed by atoms with van der Waals surface area (Å²) in [5, 5.41) is 0. The minimum absolute atomic E-state index is 0.0344. The van der Waals surface area contributed by atoms with Crippen molar-refractivity contribution >= 4 is 21.6 Å². The van der Waals surface area contributed by atoms with E-state index in [0.29, 0.717) is 63.2 Å². The number of hydrogen-bond acceptors (Lipinski definition) is 10. The fraction of sp³-hybridized carbons (Fsp3) is 0.173. The quantitative estimate of drug-likeness (QED) is 0.0286. The number of ether oxygens (including phenoxy) is 4. The van der Waals surface area contributed by atoms with Gasteiger partial charge in [-0.05, 0) is 258 Å². The zero-order valence-electron chi connectivity index (χ0n) is 47.5. The Hall–Kier alpha value is -9.71. The lowest BCUT2D eigenvalue weighted by molar-refractivity contribution is -0.1000. The number of ketones is 1. The molecule has 426 valence electrons. The van der Waals surface area contributed by atoms with E-state index in [1.54, 1.807) is 79.9 Å². The van der Waals surface area contributed by atoms with Crippen molar-refractivity contribution in [2.24, 2.45) is 11.8 Å². The number of esters is 1. The third-order valence-corrected chi connectivity index (χ3v) is 20.1. The summed E-state index contributed by atoms with van der Waals surface area (Å²) >= 11 is 0. The van der Waals surface area contributed by atoms with Gasteiger partial charge in [0.25, 0.3) is 0 Å². The van der Waals surface area contributed by atoms with Gasteiger partial charge in [-0.15, -0.1) is 0 Å². The Balaban J connectivity index is 0.596. The monoisotopic (exact) mass is 1150 g/mol. The van der Waals surface area contributed by atoms with Gasteiger partial charge in [0.1, 0.15) is 34.5 Å². The normalized spacial score (nSPS) is 19.4. The van der Waals surface area contributed by atoms with Gasteiger partial charge < -0.3 is 18.9 Å². The molecule has 0 aliphatic heterocycles. The van der Waals surface area contributed by atoms with Crippen LogP contribution in [0.4, 0.5) is 0 Å². The van der Waals surface area contributed by atoms with Crippen LogP contribution in [0, 0.1) is 11.8 Å². The van der Waals surface area contributed by atoms with Crippen LogP contribution in [0.1, 0.15) is 99.5 Å². The molecule has 4 saturated carbocycles. The molecule has 0 spiro atoms. The van der Waals surface area contributed by atoms with Crippen LogP contribution in [0.5, 0.6) is 46.0 Å². The zero-order chi connectivity index (χ0) is 58.6. The summed E-state index contributed by atoms with van der Waals surface area (Å²) in [7, 11) is -2.14. The van der Waals surface area contributed by atoms with E-state index in [1.165, 1.54) is 83.8 Å². The SMILES string of the molecule is COc1ccc(C2(c3ccc(OOc4ccc(C56CC7CC(C5)CC(c5ccc(OC(=O)c8ccc(Oc9ccc(S(=O)(=O)c%10ccc(Oc%11ccc(C(C)=O)cc%11)cc%10)cc9)cc8)cc5)(C7)C6)cc4)cc3)c3ccccc3-c3ccccc32)cc1. The molecule has 15 rings (SSSR count). The molecule has 11 heteroatoms. The van der Waals surface area contributed by atoms with Crippen LogP contribution < -0.4 is 28.7 Å². The second kappa shape index (κ2) is 21.7. The van der Waals surface area contributed by atoms with Crippen molar-refractivity contribution in [3.63, 3.8) is 0 Å². The molecule has 0 radical (unpaired) electrons. The lowest BCUT2D eigenvalue weighted by Crippen LogP contribution is -2.55. The zero-order valence-corrected chi connectivity index (χ0v) is 48.3. The average Bonchev–Trinajstić information content (AvgIpc) is 1.36. The largest absolute Gasteiger partial charge is 0.497 e. The number of hydrogen-bond donors (Lipinski definition) is 0. The van der Waals surface area contributed by atoms with Crippen LogP contribution in [0.2, 0.25) is 0 Å². The van der Waals surface area contributed by atoms with E-state index < -0.39 is 21.2 Å². The number of Topliss-reactive ketones (excluding diaryl/α,β-unsaturated/α-hetero) is 1. The molecule has 4 fully saturated rings. The first-order valence-corrected chi connectivity index (χ1v) is 30.6. The molecule has 10 aromatic carbocycles. The average molecular weight is 1150 g/mol. The molecule has 0 heterocycles. The van der Waals surface area contributed by atoms with Crippen LogP contribution in [0.3, 0.4) is 0 Å². The van der Waals surface area contributed by atoms with E-state index in [0.717, 1.165) is 36.1 Å². The molecular weight excluding hydrogens is 1090 g/mol. The molecule has 2 unspecified atom stereocenters. The highest BCUT2D eigenvalue weighted by Gasteiger charge is 2.58.